The van der Waals surface area contributed by atoms with Crippen molar-refractivity contribution in [2.45, 2.75) is 25.9 Å². The molecule has 0 radical (unpaired) electrons. The van der Waals surface area contributed by atoms with Crippen LogP contribution < -0.4 is 4.90 Å². The fourth-order valence-corrected chi connectivity index (χ4v) is 4.87. The number of ketones is 1. The number of nitrogens with zero attached hydrogens (tertiary/aromatic N) is 3. The number of fused-ring (bicyclic) bond motifs is 2. The van der Waals surface area contributed by atoms with Crippen LogP contribution >= 0.6 is 22.9 Å². The number of Topliss-reactive ketones (excluding diaryl/α,β-unsaturated/α-hetero) is 1. The highest BCUT2D eigenvalue weighted by Crippen LogP contribution is 2.46. The van der Waals surface area contributed by atoms with Gasteiger partial charge in [0, 0.05) is 30.6 Å². The van der Waals surface area contributed by atoms with Gasteiger partial charge in [-0.15, -0.1) is 11.3 Å². The molecule has 0 saturated carbocycles. The molecule has 0 bridgehead atoms. The van der Waals surface area contributed by atoms with Gasteiger partial charge in [0.2, 0.25) is 5.78 Å². The summed E-state index contributed by atoms with van der Waals surface area (Å²) in [5, 5.41) is 10.2. The molecule has 1 aromatic carbocycles. The van der Waals surface area contributed by atoms with Crippen molar-refractivity contribution in [1.82, 2.24) is 0 Å². The second kappa shape index (κ2) is 5.92. The molecule has 3 heterocycles. The highest BCUT2D eigenvalue weighted by molar-refractivity contribution is 7.16. The number of carbonyl (C=O) groups is 1. The molecular formula is C19H16ClN3O2S. The van der Waals surface area contributed by atoms with Gasteiger partial charge in [0.05, 0.1) is 16.1 Å². The van der Waals surface area contributed by atoms with Crippen molar-refractivity contribution >= 4 is 45.2 Å². The van der Waals surface area contributed by atoms with E-state index in [0.29, 0.717) is 35.0 Å². The first kappa shape index (κ1) is 17.2. The Hall–Kier alpha value is -2.20. The maximum Gasteiger partial charge on any atom is 0.205 e. The standard InChI is InChI=1S/C19H16ClN3O2S/c1-10-11(2)26-17-15(10)16(24)19(25-3)6-7-23(18(19)22-17)13-5-4-12(9-21)14(20)8-13/h4-5,8H,6-7H2,1-3H3/t19-/m1/s1. The second-order valence-corrected chi connectivity index (χ2v) is 8.05. The van der Waals surface area contributed by atoms with Gasteiger partial charge in [-0.1, -0.05) is 11.6 Å². The Bertz CT molecular complexity index is 1020. The number of thiophene rings is 1. The Labute approximate surface area is 160 Å². The zero-order chi connectivity index (χ0) is 18.6. The summed E-state index contributed by atoms with van der Waals surface area (Å²) in [7, 11) is 1.56. The van der Waals surface area contributed by atoms with Crippen molar-refractivity contribution in [1.29, 1.82) is 5.26 Å². The van der Waals surface area contributed by atoms with Crippen LogP contribution in [0.1, 0.15) is 32.8 Å². The van der Waals surface area contributed by atoms with Crippen molar-refractivity contribution in [2.75, 3.05) is 18.6 Å². The van der Waals surface area contributed by atoms with Crippen LogP contribution in [0.4, 0.5) is 10.7 Å². The van der Waals surface area contributed by atoms with Crippen LogP contribution in [-0.4, -0.2) is 30.9 Å². The minimum absolute atomic E-state index is 0.0240. The van der Waals surface area contributed by atoms with Gasteiger partial charge < -0.3 is 9.64 Å². The molecule has 0 aliphatic carbocycles. The van der Waals surface area contributed by atoms with Crippen molar-refractivity contribution in [3.05, 3.63) is 44.8 Å². The fourth-order valence-electron chi connectivity index (χ4n) is 3.62. The number of hydrogen-bond donors (Lipinski definition) is 0. The van der Waals surface area contributed by atoms with E-state index in [2.05, 4.69) is 6.07 Å². The highest BCUT2D eigenvalue weighted by atomic mass is 35.5. The molecular weight excluding hydrogens is 370 g/mol. The molecule has 0 spiro atoms. The number of anilines is 1. The van der Waals surface area contributed by atoms with Crippen LogP contribution in [-0.2, 0) is 4.74 Å². The third kappa shape index (κ3) is 2.18. The number of ether oxygens (including phenoxy) is 1. The van der Waals surface area contributed by atoms with E-state index in [1.54, 1.807) is 19.2 Å². The van der Waals surface area contributed by atoms with Gasteiger partial charge in [-0.05, 0) is 37.6 Å². The SMILES string of the molecule is CO[C@@]12CCN(c3ccc(C#N)c(Cl)c3)C1=Nc1sc(C)c(C)c1C2=O. The summed E-state index contributed by atoms with van der Waals surface area (Å²) in [5.41, 5.74) is 1.81. The molecule has 1 fully saturated rings. The maximum absolute atomic E-state index is 13.3. The summed E-state index contributed by atoms with van der Waals surface area (Å²) in [6.45, 7) is 4.55. The monoisotopic (exact) mass is 385 g/mol. The molecule has 132 valence electrons. The molecule has 4 rings (SSSR count). The lowest BCUT2D eigenvalue weighted by Gasteiger charge is -2.32. The first-order valence-electron chi connectivity index (χ1n) is 8.19. The number of halogens is 1. The largest absolute Gasteiger partial charge is 0.362 e. The molecule has 1 saturated heterocycles. The number of benzene rings is 1. The maximum atomic E-state index is 13.3. The second-order valence-electron chi connectivity index (χ2n) is 6.44. The van der Waals surface area contributed by atoms with Gasteiger partial charge in [-0.25, -0.2) is 4.99 Å². The lowest BCUT2D eigenvalue weighted by molar-refractivity contribution is 0.0388. The van der Waals surface area contributed by atoms with Gasteiger partial charge in [0.15, 0.2) is 11.4 Å². The third-order valence-corrected chi connectivity index (χ3v) is 6.62. The van der Waals surface area contributed by atoms with E-state index in [9.17, 15) is 4.79 Å². The molecule has 0 unspecified atom stereocenters. The summed E-state index contributed by atoms with van der Waals surface area (Å²) in [6, 6.07) is 7.30. The fraction of sp³-hybridized carbons (Fsp3) is 0.316. The minimum atomic E-state index is -1.06. The van der Waals surface area contributed by atoms with Crippen molar-refractivity contribution in [3.8, 4) is 6.07 Å². The molecule has 1 atom stereocenters. The Morgan fingerprint density at radius 3 is 2.85 bits per heavy atom. The Morgan fingerprint density at radius 2 is 2.19 bits per heavy atom. The Morgan fingerprint density at radius 1 is 1.42 bits per heavy atom. The lowest BCUT2D eigenvalue weighted by atomic mass is 9.87. The number of nitriles is 1. The lowest BCUT2D eigenvalue weighted by Crippen LogP contribution is -2.50. The predicted octanol–water partition coefficient (Wildman–Crippen LogP) is 4.41. The van der Waals surface area contributed by atoms with Gasteiger partial charge in [0.25, 0.3) is 0 Å². The summed E-state index contributed by atoms with van der Waals surface area (Å²) >= 11 is 7.73. The summed E-state index contributed by atoms with van der Waals surface area (Å²) in [4.78, 5) is 21.2. The summed E-state index contributed by atoms with van der Waals surface area (Å²) in [5.74, 6) is 0.573. The normalized spacial score (nSPS) is 21.3. The van der Waals surface area contributed by atoms with Crippen LogP contribution in [0.15, 0.2) is 23.2 Å². The van der Waals surface area contributed by atoms with Gasteiger partial charge in [-0.3, -0.25) is 4.79 Å². The molecule has 26 heavy (non-hydrogen) atoms. The topological polar surface area (TPSA) is 65.7 Å². The number of rotatable bonds is 2. The first-order chi connectivity index (χ1) is 12.4. The van der Waals surface area contributed by atoms with E-state index < -0.39 is 5.60 Å². The van der Waals surface area contributed by atoms with Crippen molar-refractivity contribution in [2.24, 2.45) is 4.99 Å². The molecule has 7 heteroatoms. The van der Waals surface area contributed by atoms with Crippen LogP contribution in [0.2, 0.25) is 5.02 Å². The molecule has 2 aliphatic rings. The van der Waals surface area contributed by atoms with Gasteiger partial charge >= 0.3 is 0 Å². The molecule has 2 aromatic rings. The van der Waals surface area contributed by atoms with Crippen LogP contribution in [0, 0.1) is 25.2 Å². The zero-order valence-electron chi connectivity index (χ0n) is 14.6. The van der Waals surface area contributed by atoms with Crippen LogP contribution in [0.5, 0.6) is 0 Å². The van der Waals surface area contributed by atoms with Crippen molar-refractivity contribution < 1.29 is 9.53 Å². The molecule has 5 nitrogen and oxygen atoms in total. The zero-order valence-corrected chi connectivity index (χ0v) is 16.2. The number of methoxy groups -OCH3 is 1. The van der Waals surface area contributed by atoms with E-state index in [4.69, 9.17) is 26.6 Å². The summed E-state index contributed by atoms with van der Waals surface area (Å²) < 4.78 is 5.76. The number of carbonyl (C=O) groups excluding carboxylic acids is 1. The molecule has 0 N–H and O–H groups in total. The van der Waals surface area contributed by atoms with Crippen LogP contribution in [0.3, 0.4) is 0 Å². The number of amidine groups is 1. The molecule has 1 aromatic heterocycles. The molecule has 0 amide bonds. The Balaban J connectivity index is 1.88. The smallest absolute Gasteiger partial charge is 0.205 e. The number of aryl methyl sites for hydroxylation is 1. The van der Waals surface area contributed by atoms with E-state index in [1.807, 2.05) is 24.8 Å². The number of hydrogen-bond acceptors (Lipinski definition) is 6. The highest BCUT2D eigenvalue weighted by Gasteiger charge is 2.55. The van der Waals surface area contributed by atoms with E-state index >= 15 is 0 Å². The predicted molar refractivity (Wildman–Crippen MR) is 103 cm³/mol. The molecule has 2 aliphatic heterocycles. The average molecular weight is 386 g/mol. The van der Waals surface area contributed by atoms with E-state index in [-0.39, 0.29) is 5.78 Å². The van der Waals surface area contributed by atoms with Gasteiger partial charge in [-0.2, -0.15) is 5.26 Å². The first-order valence-corrected chi connectivity index (χ1v) is 9.38. The van der Waals surface area contributed by atoms with Crippen LogP contribution in [0.25, 0.3) is 0 Å². The third-order valence-electron chi connectivity index (χ3n) is 5.21. The summed E-state index contributed by atoms with van der Waals surface area (Å²) in [6.07, 6.45) is 0.520. The quantitative estimate of drug-likeness (QED) is 0.767. The average Bonchev–Trinajstić information content (AvgIpc) is 3.14. The number of aliphatic imine (C=N–C) groups is 1. The Kier molecular flexibility index (Phi) is 3.92. The van der Waals surface area contributed by atoms with Gasteiger partial charge in [0.1, 0.15) is 11.1 Å². The minimum Gasteiger partial charge on any atom is -0.362 e. The van der Waals surface area contributed by atoms with E-state index in [0.717, 1.165) is 21.1 Å². The van der Waals surface area contributed by atoms with E-state index in [1.165, 1.54) is 11.3 Å². The van der Waals surface area contributed by atoms with Crippen molar-refractivity contribution in [3.63, 3.8) is 0 Å².